The van der Waals surface area contributed by atoms with Gasteiger partial charge in [0.25, 0.3) is 0 Å². The fourth-order valence-corrected chi connectivity index (χ4v) is 3.79. The van der Waals surface area contributed by atoms with Gasteiger partial charge in [0.2, 0.25) is 0 Å². The molecule has 3 rings (SSSR count). The van der Waals surface area contributed by atoms with Crippen molar-refractivity contribution in [2.24, 2.45) is 4.99 Å². The minimum Gasteiger partial charge on any atom is -0.497 e. The highest BCUT2D eigenvalue weighted by Gasteiger charge is 2.32. The van der Waals surface area contributed by atoms with Gasteiger partial charge in [-0.1, -0.05) is 0 Å². The average molecular weight is 408 g/mol. The molecule has 0 aromatic heterocycles. The molecule has 2 fully saturated rings. The van der Waals surface area contributed by atoms with Crippen LogP contribution in [-0.2, 0) is 9.47 Å². The Morgan fingerprint density at radius 2 is 2.10 bits per heavy atom. The molecule has 8 nitrogen and oxygen atoms in total. The number of hydrogen-bond acceptors (Lipinski definition) is 6. The molecule has 1 aromatic rings. The van der Waals surface area contributed by atoms with Gasteiger partial charge in [0.05, 0.1) is 33.5 Å². The molecule has 2 N–H and O–H groups in total. The molecule has 1 aromatic carbocycles. The Labute approximate surface area is 172 Å². The zero-order valence-corrected chi connectivity index (χ0v) is 17.6. The van der Waals surface area contributed by atoms with Crippen molar-refractivity contribution < 1.29 is 24.1 Å². The van der Waals surface area contributed by atoms with Gasteiger partial charge in [-0.15, -0.1) is 0 Å². The minimum absolute atomic E-state index is 0.0542. The van der Waals surface area contributed by atoms with Crippen LogP contribution < -0.4 is 14.8 Å². The number of nitrogens with one attached hydrogen (secondary N) is 1. The topological polar surface area (TPSA) is 84.8 Å². The summed E-state index contributed by atoms with van der Waals surface area (Å²) in [7, 11) is 3.19. The zero-order valence-electron chi connectivity index (χ0n) is 17.6. The van der Waals surface area contributed by atoms with Gasteiger partial charge in [-0.05, 0) is 38.0 Å². The Kier molecular flexibility index (Phi) is 7.97. The van der Waals surface area contributed by atoms with Crippen LogP contribution in [0.3, 0.4) is 0 Å². The van der Waals surface area contributed by atoms with E-state index >= 15 is 0 Å². The maximum absolute atomic E-state index is 10.8. The highest BCUT2D eigenvalue weighted by molar-refractivity contribution is 5.80. The lowest BCUT2D eigenvalue weighted by atomic mass is 10.1. The van der Waals surface area contributed by atoms with Gasteiger partial charge in [0.1, 0.15) is 23.7 Å². The molecule has 29 heavy (non-hydrogen) atoms. The van der Waals surface area contributed by atoms with Gasteiger partial charge >= 0.3 is 0 Å². The van der Waals surface area contributed by atoms with E-state index in [0.717, 1.165) is 45.0 Å². The summed E-state index contributed by atoms with van der Waals surface area (Å²) in [5.41, 5.74) is 0.658. The number of guanidine groups is 1. The molecule has 3 atom stereocenters. The average Bonchev–Trinajstić information content (AvgIpc) is 3.31. The summed E-state index contributed by atoms with van der Waals surface area (Å²) in [6, 6.07) is 5.38. The smallest absolute Gasteiger partial charge is 0.194 e. The molecule has 0 bridgehead atoms. The van der Waals surface area contributed by atoms with Crippen LogP contribution in [0.2, 0.25) is 0 Å². The first-order valence-corrected chi connectivity index (χ1v) is 10.3. The van der Waals surface area contributed by atoms with Crippen LogP contribution in [0.1, 0.15) is 31.4 Å². The van der Waals surface area contributed by atoms with Crippen molar-refractivity contribution in [3.63, 3.8) is 0 Å². The van der Waals surface area contributed by atoms with Gasteiger partial charge < -0.3 is 34.3 Å². The Balaban J connectivity index is 1.70. The minimum atomic E-state index is -0.802. The van der Waals surface area contributed by atoms with Gasteiger partial charge in [-0.3, -0.25) is 4.99 Å². The molecule has 162 valence electrons. The lowest BCUT2D eigenvalue weighted by Crippen LogP contribution is -2.53. The molecule has 2 saturated heterocycles. The van der Waals surface area contributed by atoms with Crippen molar-refractivity contribution in [1.82, 2.24) is 10.2 Å². The Morgan fingerprint density at radius 3 is 2.79 bits per heavy atom. The fourth-order valence-electron chi connectivity index (χ4n) is 3.79. The second-order valence-corrected chi connectivity index (χ2v) is 7.23. The summed E-state index contributed by atoms with van der Waals surface area (Å²) in [4.78, 5) is 6.88. The third-order valence-corrected chi connectivity index (χ3v) is 5.32. The van der Waals surface area contributed by atoms with E-state index in [1.165, 1.54) is 0 Å². The standard InChI is InChI=1S/C21H33N3O5/c1-4-22-21(24-9-11-29-20(14-24)19-6-5-10-28-19)23-13-17(25)16-12-15(26-2)7-8-18(16)27-3/h7-8,12,17,19-20,25H,4-6,9-11,13-14H2,1-3H3,(H,22,23). The van der Waals surface area contributed by atoms with Crippen LogP contribution in [0.25, 0.3) is 0 Å². The van der Waals surface area contributed by atoms with Crippen molar-refractivity contribution in [2.45, 2.75) is 38.1 Å². The summed E-state index contributed by atoms with van der Waals surface area (Å²) in [6.07, 6.45) is 1.54. The Hall–Kier alpha value is -2.03. The van der Waals surface area contributed by atoms with E-state index in [2.05, 4.69) is 10.2 Å². The Bertz CT molecular complexity index is 678. The number of aliphatic imine (C=N–C) groups is 1. The van der Waals surface area contributed by atoms with Crippen LogP contribution in [-0.4, -0.2) is 81.8 Å². The SMILES string of the molecule is CCNC(=NCC(O)c1cc(OC)ccc1OC)N1CCOC(C2CCCO2)C1. The summed E-state index contributed by atoms with van der Waals surface area (Å²) < 4.78 is 22.4. The first kappa shape index (κ1) is 21.7. The van der Waals surface area contributed by atoms with E-state index < -0.39 is 6.10 Å². The first-order chi connectivity index (χ1) is 14.2. The molecular formula is C21H33N3O5. The van der Waals surface area contributed by atoms with Crippen LogP contribution in [0, 0.1) is 0 Å². The Morgan fingerprint density at radius 1 is 1.28 bits per heavy atom. The van der Waals surface area contributed by atoms with Crippen LogP contribution in [0.4, 0.5) is 0 Å². The predicted molar refractivity (Wildman–Crippen MR) is 111 cm³/mol. The van der Waals surface area contributed by atoms with E-state index in [4.69, 9.17) is 23.9 Å². The number of methoxy groups -OCH3 is 2. The number of aliphatic hydroxyl groups is 1. The van der Waals surface area contributed by atoms with Gasteiger partial charge in [0.15, 0.2) is 5.96 Å². The molecule has 0 amide bonds. The number of benzene rings is 1. The maximum Gasteiger partial charge on any atom is 0.194 e. The number of aliphatic hydroxyl groups excluding tert-OH is 1. The largest absolute Gasteiger partial charge is 0.497 e. The molecular weight excluding hydrogens is 374 g/mol. The molecule has 0 aliphatic carbocycles. The third kappa shape index (κ3) is 5.52. The number of hydrogen-bond donors (Lipinski definition) is 2. The number of morpholine rings is 1. The molecule has 0 spiro atoms. The number of ether oxygens (including phenoxy) is 4. The molecule has 2 aliphatic heterocycles. The first-order valence-electron chi connectivity index (χ1n) is 10.3. The van der Waals surface area contributed by atoms with E-state index in [-0.39, 0.29) is 18.8 Å². The summed E-state index contributed by atoms with van der Waals surface area (Å²) >= 11 is 0. The quantitative estimate of drug-likeness (QED) is 0.524. The van der Waals surface area contributed by atoms with Gasteiger partial charge in [-0.25, -0.2) is 0 Å². The third-order valence-electron chi connectivity index (χ3n) is 5.32. The lowest BCUT2D eigenvalue weighted by molar-refractivity contribution is -0.0817. The molecule has 8 heteroatoms. The van der Waals surface area contributed by atoms with E-state index in [1.54, 1.807) is 32.4 Å². The van der Waals surface area contributed by atoms with E-state index in [0.29, 0.717) is 23.7 Å². The van der Waals surface area contributed by atoms with Crippen molar-refractivity contribution >= 4 is 5.96 Å². The molecule has 3 unspecified atom stereocenters. The normalized spacial score (nSPS) is 23.7. The molecule has 0 saturated carbocycles. The molecule has 0 radical (unpaired) electrons. The van der Waals surface area contributed by atoms with E-state index in [9.17, 15) is 5.11 Å². The predicted octanol–water partition coefficient (Wildman–Crippen LogP) is 1.58. The highest BCUT2D eigenvalue weighted by atomic mass is 16.5. The van der Waals surface area contributed by atoms with Crippen LogP contribution in [0.15, 0.2) is 23.2 Å². The molecule has 2 heterocycles. The monoisotopic (exact) mass is 407 g/mol. The summed E-state index contributed by atoms with van der Waals surface area (Å²) in [5, 5.41) is 14.1. The van der Waals surface area contributed by atoms with Gasteiger partial charge in [0, 0.05) is 31.8 Å². The van der Waals surface area contributed by atoms with Crippen LogP contribution >= 0.6 is 0 Å². The fraction of sp³-hybridized carbons (Fsp3) is 0.667. The number of rotatable bonds is 7. The second kappa shape index (κ2) is 10.7. The van der Waals surface area contributed by atoms with Gasteiger partial charge in [-0.2, -0.15) is 0 Å². The van der Waals surface area contributed by atoms with Crippen molar-refractivity contribution in [3.05, 3.63) is 23.8 Å². The van der Waals surface area contributed by atoms with E-state index in [1.807, 2.05) is 6.92 Å². The van der Waals surface area contributed by atoms with Crippen molar-refractivity contribution in [3.8, 4) is 11.5 Å². The zero-order chi connectivity index (χ0) is 20.6. The highest BCUT2D eigenvalue weighted by Crippen LogP contribution is 2.29. The number of nitrogens with zero attached hydrogens (tertiary/aromatic N) is 2. The van der Waals surface area contributed by atoms with Crippen molar-refractivity contribution in [2.75, 3.05) is 53.6 Å². The lowest BCUT2D eigenvalue weighted by Gasteiger charge is -2.37. The molecule has 2 aliphatic rings. The second-order valence-electron chi connectivity index (χ2n) is 7.23. The summed E-state index contributed by atoms with van der Waals surface area (Å²) in [6.45, 7) is 5.94. The maximum atomic E-state index is 10.8. The van der Waals surface area contributed by atoms with Crippen LogP contribution in [0.5, 0.6) is 11.5 Å². The van der Waals surface area contributed by atoms with Crippen molar-refractivity contribution in [1.29, 1.82) is 0 Å². The summed E-state index contributed by atoms with van der Waals surface area (Å²) in [5.74, 6) is 2.06.